The highest BCUT2D eigenvalue weighted by atomic mass is 32.2. The molecule has 2 heterocycles. The summed E-state index contributed by atoms with van der Waals surface area (Å²) in [6, 6.07) is 1.87. The molecule has 2 rings (SSSR count). The Morgan fingerprint density at radius 3 is 2.94 bits per heavy atom. The van der Waals surface area contributed by atoms with Gasteiger partial charge in [-0.05, 0) is 28.5 Å². The number of rotatable bonds is 3. The van der Waals surface area contributed by atoms with Crippen LogP contribution in [0.3, 0.4) is 0 Å². The third kappa shape index (κ3) is 2.74. The fourth-order valence-electron chi connectivity index (χ4n) is 1.27. The summed E-state index contributed by atoms with van der Waals surface area (Å²) in [5.74, 6) is -1.70. The summed E-state index contributed by atoms with van der Waals surface area (Å²) in [7, 11) is 0. The molecular formula is C10H6NO3S3-. The van der Waals surface area contributed by atoms with E-state index in [1.165, 1.54) is 11.3 Å². The second-order valence-corrected chi connectivity index (χ2v) is 5.65. The molecule has 1 aromatic rings. The second kappa shape index (κ2) is 4.99. The summed E-state index contributed by atoms with van der Waals surface area (Å²) < 4.78 is 0.251. The first-order chi connectivity index (χ1) is 8.08. The second-order valence-electron chi connectivity index (χ2n) is 3.20. The van der Waals surface area contributed by atoms with E-state index >= 15 is 0 Å². The molecule has 0 unspecified atom stereocenters. The van der Waals surface area contributed by atoms with Crippen LogP contribution >= 0.6 is 35.3 Å². The van der Waals surface area contributed by atoms with Gasteiger partial charge >= 0.3 is 0 Å². The Bertz CT molecular complexity index is 507. The molecule has 0 saturated carbocycles. The molecule has 1 amide bonds. The molecule has 0 radical (unpaired) electrons. The van der Waals surface area contributed by atoms with Crippen molar-refractivity contribution in [1.82, 2.24) is 4.90 Å². The van der Waals surface area contributed by atoms with E-state index in [2.05, 4.69) is 0 Å². The predicted molar refractivity (Wildman–Crippen MR) is 69.2 cm³/mol. The molecule has 1 saturated heterocycles. The monoisotopic (exact) mass is 284 g/mol. The van der Waals surface area contributed by atoms with Crippen molar-refractivity contribution in [3.8, 4) is 0 Å². The number of thioether (sulfide) groups is 1. The zero-order valence-corrected chi connectivity index (χ0v) is 10.9. The Morgan fingerprint density at radius 2 is 2.35 bits per heavy atom. The molecule has 1 aromatic heterocycles. The van der Waals surface area contributed by atoms with Crippen molar-refractivity contribution in [3.05, 3.63) is 27.3 Å². The van der Waals surface area contributed by atoms with E-state index < -0.39 is 12.5 Å². The lowest BCUT2D eigenvalue weighted by molar-refractivity contribution is -0.305. The smallest absolute Gasteiger partial charge is 0.266 e. The van der Waals surface area contributed by atoms with Crippen LogP contribution in [0.5, 0.6) is 0 Å². The minimum Gasteiger partial charge on any atom is -0.548 e. The maximum absolute atomic E-state index is 11.8. The first-order valence-electron chi connectivity index (χ1n) is 4.55. The number of carbonyl (C=O) groups is 2. The SMILES string of the molecule is O=C([O-])CN1C(=O)/C(=C/c2ccsc2)SC1=S. The van der Waals surface area contributed by atoms with E-state index in [1.54, 1.807) is 6.08 Å². The molecule has 1 fully saturated rings. The number of nitrogens with zero attached hydrogens (tertiary/aromatic N) is 1. The van der Waals surface area contributed by atoms with Gasteiger partial charge < -0.3 is 9.90 Å². The minimum absolute atomic E-state index is 0.251. The Kier molecular flexibility index (Phi) is 3.60. The van der Waals surface area contributed by atoms with E-state index in [0.717, 1.165) is 22.2 Å². The molecule has 0 N–H and O–H groups in total. The maximum atomic E-state index is 11.8. The predicted octanol–water partition coefficient (Wildman–Crippen LogP) is 0.699. The van der Waals surface area contributed by atoms with Gasteiger partial charge in [-0.15, -0.1) is 0 Å². The zero-order valence-electron chi connectivity index (χ0n) is 8.41. The number of thiocarbonyl (C=S) groups is 1. The van der Waals surface area contributed by atoms with Crippen LogP contribution in [0, 0.1) is 0 Å². The first kappa shape index (κ1) is 12.3. The lowest BCUT2D eigenvalue weighted by Crippen LogP contribution is -2.40. The molecule has 88 valence electrons. The summed E-state index contributed by atoms with van der Waals surface area (Å²) in [6.45, 7) is -0.494. The number of hydrogen-bond acceptors (Lipinski definition) is 6. The minimum atomic E-state index is -1.32. The highest BCUT2D eigenvalue weighted by Gasteiger charge is 2.31. The normalized spacial score (nSPS) is 18.1. The summed E-state index contributed by atoms with van der Waals surface area (Å²) in [4.78, 5) is 23.8. The molecule has 0 aromatic carbocycles. The number of carboxylic acid groups (broad SMARTS) is 1. The van der Waals surface area contributed by atoms with Crippen molar-refractivity contribution in [3.63, 3.8) is 0 Å². The molecule has 0 atom stereocenters. The number of carboxylic acids is 1. The van der Waals surface area contributed by atoms with Gasteiger partial charge in [-0.3, -0.25) is 9.69 Å². The van der Waals surface area contributed by atoms with E-state index in [-0.39, 0.29) is 10.2 Å². The highest BCUT2D eigenvalue weighted by Crippen LogP contribution is 2.32. The molecule has 17 heavy (non-hydrogen) atoms. The van der Waals surface area contributed by atoms with Gasteiger partial charge in [-0.2, -0.15) is 11.3 Å². The van der Waals surface area contributed by atoms with Gasteiger partial charge in [0.2, 0.25) is 0 Å². The van der Waals surface area contributed by atoms with Gasteiger partial charge in [-0.25, -0.2) is 0 Å². The molecular weight excluding hydrogens is 278 g/mol. The van der Waals surface area contributed by atoms with Gasteiger partial charge in [0.15, 0.2) is 0 Å². The van der Waals surface area contributed by atoms with Crippen molar-refractivity contribution < 1.29 is 14.7 Å². The Morgan fingerprint density at radius 1 is 1.59 bits per heavy atom. The summed E-state index contributed by atoms with van der Waals surface area (Å²) >= 11 is 7.57. The number of thiophene rings is 1. The van der Waals surface area contributed by atoms with Crippen molar-refractivity contribution in [2.24, 2.45) is 0 Å². The number of aliphatic carboxylic acids is 1. The van der Waals surface area contributed by atoms with Crippen molar-refractivity contribution in [2.45, 2.75) is 0 Å². The van der Waals surface area contributed by atoms with Crippen LogP contribution in [0.25, 0.3) is 6.08 Å². The lowest BCUT2D eigenvalue weighted by Gasteiger charge is -2.14. The lowest BCUT2D eigenvalue weighted by atomic mass is 10.3. The molecule has 0 spiro atoms. The van der Waals surface area contributed by atoms with E-state index in [1.807, 2.05) is 16.8 Å². The van der Waals surface area contributed by atoms with Crippen molar-refractivity contribution >= 4 is 57.6 Å². The van der Waals surface area contributed by atoms with E-state index in [4.69, 9.17) is 12.2 Å². The van der Waals surface area contributed by atoms with Crippen molar-refractivity contribution in [2.75, 3.05) is 6.54 Å². The van der Waals surface area contributed by atoms with Gasteiger partial charge in [0.05, 0.1) is 17.4 Å². The zero-order chi connectivity index (χ0) is 12.4. The van der Waals surface area contributed by atoms with Crippen LogP contribution in [-0.4, -0.2) is 27.6 Å². The largest absolute Gasteiger partial charge is 0.548 e. The molecule has 1 aliphatic heterocycles. The summed E-state index contributed by atoms with van der Waals surface area (Å²) in [5, 5.41) is 14.3. The molecule has 0 bridgehead atoms. The van der Waals surface area contributed by atoms with Crippen LogP contribution in [0.1, 0.15) is 5.56 Å². The number of carbonyl (C=O) groups excluding carboxylic acids is 2. The topological polar surface area (TPSA) is 60.4 Å². The van der Waals surface area contributed by atoms with Gasteiger partial charge in [0.25, 0.3) is 5.91 Å². The number of hydrogen-bond donors (Lipinski definition) is 0. The van der Waals surface area contributed by atoms with Gasteiger partial charge in [-0.1, -0.05) is 24.0 Å². The fraction of sp³-hybridized carbons (Fsp3) is 0.100. The van der Waals surface area contributed by atoms with Crippen LogP contribution in [0.4, 0.5) is 0 Å². The third-order valence-electron chi connectivity index (χ3n) is 2.00. The van der Waals surface area contributed by atoms with Crippen molar-refractivity contribution in [1.29, 1.82) is 0 Å². The molecule has 7 heteroatoms. The summed E-state index contributed by atoms with van der Waals surface area (Å²) in [6.07, 6.45) is 1.70. The Hall–Kier alpha value is -1.18. The van der Waals surface area contributed by atoms with Gasteiger partial charge in [0, 0.05) is 0 Å². The van der Waals surface area contributed by atoms with E-state index in [9.17, 15) is 14.7 Å². The van der Waals surface area contributed by atoms with Crippen LogP contribution < -0.4 is 5.11 Å². The van der Waals surface area contributed by atoms with Crippen LogP contribution in [-0.2, 0) is 9.59 Å². The fourth-order valence-corrected chi connectivity index (χ4v) is 3.15. The molecule has 0 aliphatic carbocycles. The Labute approximate surface area is 111 Å². The quantitative estimate of drug-likeness (QED) is 0.604. The van der Waals surface area contributed by atoms with Crippen LogP contribution in [0.15, 0.2) is 21.7 Å². The standard InChI is InChI=1S/C10H7NO3S3/c12-8(13)4-11-9(14)7(17-10(11)15)3-6-1-2-16-5-6/h1-3,5H,4H2,(H,12,13)/p-1/b7-3-. The average Bonchev–Trinajstić information content (AvgIpc) is 2.83. The first-order valence-corrected chi connectivity index (χ1v) is 6.72. The maximum Gasteiger partial charge on any atom is 0.266 e. The third-order valence-corrected chi connectivity index (χ3v) is 4.08. The van der Waals surface area contributed by atoms with E-state index in [0.29, 0.717) is 4.91 Å². The van der Waals surface area contributed by atoms with Gasteiger partial charge in [0.1, 0.15) is 4.32 Å². The highest BCUT2D eigenvalue weighted by molar-refractivity contribution is 8.26. The molecule has 1 aliphatic rings. The number of amides is 1. The van der Waals surface area contributed by atoms with Crippen LogP contribution in [0.2, 0.25) is 0 Å². The summed E-state index contributed by atoms with van der Waals surface area (Å²) in [5.41, 5.74) is 0.906. The molecule has 4 nitrogen and oxygen atoms in total. The Balaban J connectivity index is 2.21. The average molecular weight is 284 g/mol.